The molecule has 1 atom stereocenters. The zero-order chi connectivity index (χ0) is 19.0. The van der Waals surface area contributed by atoms with Crippen molar-refractivity contribution in [3.63, 3.8) is 0 Å². The van der Waals surface area contributed by atoms with Gasteiger partial charge in [-0.2, -0.15) is 9.97 Å². The molecule has 0 radical (unpaired) electrons. The van der Waals surface area contributed by atoms with E-state index in [2.05, 4.69) is 25.3 Å². The van der Waals surface area contributed by atoms with E-state index >= 15 is 0 Å². The van der Waals surface area contributed by atoms with Crippen LogP contribution < -0.4 is 10.1 Å². The highest BCUT2D eigenvalue weighted by Crippen LogP contribution is 2.34. The van der Waals surface area contributed by atoms with Gasteiger partial charge in [-0.05, 0) is 13.0 Å². The Hall–Kier alpha value is -3.20. The van der Waals surface area contributed by atoms with Crippen LogP contribution in [0.3, 0.4) is 0 Å². The van der Waals surface area contributed by atoms with E-state index in [1.54, 1.807) is 43.4 Å². The summed E-state index contributed by atoms with van der Waals surface area (Å²) in [6, 6.07) is 1.47. The van der Waals surface area contributed by atoms with Crippen LogP contribution in [0.5, 0.6) is 5.88 Å². The van der Waals surface area contributed by atoms with Crippen molar-refractivity contribution in [2.45, 2.75) is 13.0 Å². The minimum absolute atomic E-state index is 0.0318. The number of aromatic amines is 1. The Kier molecular flexibility index (Phi) is 4.36. The van der Waals surface area contributed by atoms with Crippen LogP contribution in [-0.4, -0.2) is 51.2 Å². The Labute approximate surface area is 154 Å². The zero-order valence-corrected chi connectivity index (χ0v) is 15.2. The van der Waals surface area contributed by atoms with Crippen molar-refractivity contribution >= 4 is 22.6 Å². The van der Waals surface area contributed by atoms with Gasteiger partial charge in [-0.1, -0.05) is 0 Å². The molecule has 0 saturated carbocycles. The Morgan fingerprint density at radius 3 is 2.96 bits per heavy atom. The summed E-state index contributed by atoms with van der Waals surface area (Å²) >= 11 is 0. The fraction of sp³-hybridized carbons (Fsp3) is 0.278. The van der Waals surface area contributed by atoms with Crippen LogP contribution in [0.2, 0.25) is 0 Å². The summed E-state index contributed by atoms with van der Waals surface area (Å²) in [6.07, 6.45) is 6.83. The molecule has 8 nitrogen and oxygen atoms in total. The molecule has 27 heavy (non-hydrogen) atoms. The minimum atomic E-state index is -0.404. The molecule has 0 aliphatic heterocycles. The van der Waals surface area contributed by atoms with Crippen LogP contribution in [0.4, 0.5) is 10.3 Å². The SMILES string of the molecule is COCC(C)Nc1nc(OC)c2c(-c3cc(F)c4nccn4c3)c[nH]c2n1. The molecular formula is C18H19FN6O2. The van der Waals surface area contributed by atoms with Crippen molar-refractivity contribution in [2.75, 3.05) is 26.1 Å². The number of nitrogens with one attached hydrogen (secondary N) is 2. The Balaban J connectivity index is 1.82. The van der Waals surface area contributed by atoms with E-state index in [9.17, 15) is 4.39 Å². The third-order valence-corrected chi connectivity index (χ3v) is 4.24. The third kappa shape index (κ3) is 3.06. The fourth-order valence-corrected chi connectivity index (χ4v) is 3.09. The van der Waals surface area contributed by atoms with Gasteiger partial charge in [0.15, 0.2) is 11.5 Å². The van der Waals surface area contributed by atoms with E-state index in [1.807, 2.05) is 6.92 Å². The van der Waals surface area contributed by atoms with Crippen molar-refractivity contribution in [1.82, 2.24) is 24.3 Å². The first-order valence-corrected chi connectivity index (χ1v) is 8.42. The molecule has 0 aliphatic rings. The second kappa shape index (κ2) is 6.84. The van der Waals surface area contributed by atoms with Gasteiger partial charge in [-0.3, -0.25) is 0 Å². The van der Waals surface area contributed by atoms with Gasteiger partial charge in [-0.15, -0.1) is 0 Å². The number of nitrogens with zero attached hydrogens (tertiary/aromatic N) is 4. The first-order chi connectivity index (χ1) is 13.1. The molecule has 2 N–H and O–H groups in total. The predicted octanol–water partition coefficient (Wildman–Crippen LogP) is 2.87. The number of hydrogen-bond acceptors (Lipinski definition) is 6. The smallest absolute Gasteiger partial charge is 0.228 e. The number of imidazole rings is 1. The number of methoxy groups -OCH3 is 2. The minimum Gasteiger partial charge on any atom is -0.480 e. The van der Waals surface area contributed by atoms with Crippen molar-refractivity contribution < 1.29 is 13.9 Å². The van der Waals surface area contributed by atoms with Crippen LogP contribution in [-0.2, 0) is 4.74 Å². The second-order valence-electron chi connectivity index (χ2n) is 6.22. The van der Waals surface area contributed by atoms with E-state index in [4.69, 9.17) is 9.47 Å². The molecular weight excluding hydrogens is 351 g/mol. The highest BCUT2D eigenvalue weighted by atomic mass is 19.1. The van der Waals surface area contributed by atoms with Crippen LogP contribution in [0, 0.1) is 5.82 Å². The Morgan fingerprint density at radius 1 is 1.33 bits per heavy atom. The molecule has 0 aliphatic carbocycles. The normalized spacial score (nSPS) is 12.6. The monoisotopic (exact) mass is 370 g/mol. The maximum Gasteiger partial charge on any atom is 0.228 e. The molecule has 0 bridgehead atoms. The molecule has 4 rings (SSSR count). The van der Waals surface area contributed by atoms with E-state index in [0.29, 0.717) is 35.0 Å². The first-order valence-electron chi connectivity index (χ1n) is 8.42. The first kappa shape index (κ1) is 17.2. The molecule has 0 saturated heterocycles. The van der Waals surface area contributed by atoms with E-state index in [1.165, 1.54) is 6.07 Å². The van der Waals surface area contributed by atoms with Crippen molar-refractivity contribution in [3.05, 3.63) is 36.7 Å². The van der Waals surface area contributed by atoms with E-state index < -0.39 is 5.82 Å². The maximum absolute atomic E-state index is 14.4. The molecule has 0 amide bonds. The molecule has 0 spiro atoms. The highest BCUT2D eigenvalue weighted by Gasteiger charge is 2.18. The van der Waals surface area contributed by atoms with Gasteiger partial charge in [0.2, 0.25) is 11.8 Å². The lowest BCUT2D eigenvalue weighted by Crippen LogP contribution is -2.22. The van der Waals surface area contributed by atoms with Gasteiger partial charge >= 0.3 is 0 Å². The number of ether oxygens (including phenoxy) is 2. The van der Waals surface area contributed by atoms with Crippen LogP contribution >= 0.6 is 0 Å². The summed E-state index contributed by atoms with van der Waals surface area (Å²) in [4.78, 5) is 16.1. The lowest BCUT2D eigenvalue weighted by atomic mass is 10.1. The lowest BCUT2D eigenvalue weighted by molar-refractivity contribution is 0.190. The third-order valence-electron chi connectivity index (χ3n) is 4.24. The van der Waals surface area contributed by atoms with Gasteiger partial charge in [0.05, 0.1) is 19.1 Å². The highest BCUT2D eigenvalue weighted by molar-refractivity contribution is 5.97. The average Bonchev–Trinajstić information content (AvgIpc) is 3.28. The molecule has 4 aromatic rings. The average molecular weight is 370 g/mol. The quantitative estimate of drug-likeness (QED) is 0.542. The number of hydrogen-bond donors (Lipinski definition) is 2. The summed E-state index contributed by atoms with van der Waals surface area (Å²) in [5.74, 6) is 0.418. The number of halogens is 1. The number of pyridine rings is 1. The molecule has 0 aromatic carbocycles. The molecule has 140 valence electrons. The van der Waals surface area contributed by atoms with Gasteiger partial charge in [0.1, 0.15) is 5.65 Å². The number of fused-ring (bicyclic) bond motifs is 2. The summed E-state index contributed by atoms with van der Waals surface area (Å²) in [7, 11) is 3.18. The zero-order valence-electron chi connectivity index (χ0n) is 15.2. The fourth-order valence-electron chi connectivity index (χ4n) is 3.09. The molecule has 4 aromatic heterocycles. The van der Waals surface area contributed by atoms with E-state index in [0.717, 1.165) is 5.56 Å². The Morgan fingerprint density at radius 2 is 2.19 bits per heavy atom. The van der Waals surface area contributed by atoms with Crippen LogP contribution in [0.15, 0.2) is 30.9 Å². The van der Waals surface area contributed by atoms with Gasteiger partial charge < -0.3 is 24.2 Å². The van der Waals surface area contributed by atoms with Gasteiger partial charge in [0, 0.05) is 49.1 Å². The molecule has 9 heteroatoms. The summed E-state index contributed by atoms with van der Waals surface area (Å²) in [5.41, 5.74) is 2.28. The molecule has 0 fully saturated rings. The standard InChI is InChI=1S/C18H19FN6O2/c1-10(9-26-2)22-18-23-15-14(17(24-18)27-3)12(7-21-15)11-6-13(19)16-20-4-5-25(16)8-11/h4-8,10H,9H2,1-3H3,(H2,21,22,23,24). The lowest BCUT2D eigenvalue weighted by Gasteiger charge is -2.13. The summed E-state index contributed by atoms with van der Waals surface area (Å²) in [6.45, 7) is 2.48. The molecule has 4 heterocycles. The second-order valence-corrected chi connectivity index (χ2v) is 6.22. The Bertz CT molecular complexity index is 1110. The van der Waals surface area contributed by atoms with Crippen LogP contribution in [0.1, 0.15) is 6.92 Å². The van der Waals surface area contributed by atoms with Crippen molar-refractivity contribution in [2.24, 2.45) is 0 Å². The molecule has 1 unspecified atom stereocenters. The van der Waals surface area contributed by atoms with Crippen molar-refractivity contribution in [1.29, 1.82) is 0 Å². The number of H-pyrrole nitrogens is 1. The van der Waals surface area contributed by atoms with E-state index in [-0.39, 0.29) is 11.7 Å². The largest absolute Gasteiger partial charge is 0.480 e. The number of aromatic nitrogens is 5. The van der Waals surface area contributed by atoms with Gasteiger partial charge in [0.25, 0.3) is 0 Å². The summed E-state index contributed by atoms with van der Waals surface area (Å²) in [5, 5.41) is 3.85. The maximum atomic E-state index is 14.4. The van der Waals surface area contributed by atoms with Crippen molar-refractivity contribution in [3.8, 4) is 17.0 Å². The summed E-state index contributed by atoms with van der Waals surface area (Å²) < 4.78 is 26.6. The predicted molar refractivity (Wildman–Crippen MR) is 99.5 cm³/mol. The van der Waals surface area contributed by atoms with Crippen LogP contribution in [0.25, 0.3) is 27.8 Å². The number of anilines is 1. The number of rotatable bonds is 6. The topological polar surface area (TPSA) is 89.4 Å². The van der Waals surface area contributed by atoms with Gasteiger partial charge in [-0.25, -0.2) is 9.37 Å².